The van der Waals surface area contributed by atoms with Crippen molar-refractivity contribution < 1.29 is 4.79 Å². The lowest BCUT2D eigenvalue weighted by Gasteiger charge is -2.10. The van der Waals surface area contributed by atoms with Crippen LogP contribution in [0, 0.1) is 0 Å². The molecule has 0 aliphatic heterocycles. The molecule has 0 aliphatic rings. The van der Waals surface area contributed by atoms with Crippen molar-refractivity contribution in [1.82, 2.24) is 0 Å². The maximum atomic E-state index is 12.1. The van der Waals surface area contributed by atoms with E-state index >= 15 is 0 Å². The van der Waals surface area contributed by atoms with E-state index in [0.717, 1.165) is 15.6 Å². The molecule has 3 N–H and O–H groups in total. The lowest BCUT2D eigenvalue weighted by Crippen LogP contribution is -2.16. The monoisotopic (exact) mass is 352 g/mol. The molecule has 0 atom stereocenters. The number of nitrogens with two attached hydrogens (primary N) is 1. The fourth-order valence-corrected chi connectivity index (χ4v) is 2.67. The predicted molar refractivity (Wildman–Crippen MR) is 85.8 cm³/mol. The molecule has 20 heavy (non-hydrogen) atoms. The Balaban J connectivity index is 2.09. The molecule has 0 heterocycles. The van der Waals surface area contributed by atoms with Crippen molar-refractivity contribution in [3.63, 3.8) is 0 Å². The third-order valence-electron chi connectivity index (χ3n) is 2.89. The largest absolute Gasteiger partial charge is 0.326 e. The van der Waals surface area contributed by atoms with Crippen LogP contribution in [-0.2, 0) is 17.8 Å². The van der Waals surface area contributed by atoms with Gasteiger partial charge in [0.2, 0.25) is 5.91 Å². The first-order chi connectivity index (χ1) is 9.60. The van der Waals surface area contributed by atoms with Gasteiger partial charge in [0.15, 0.2) is 0 Å². The fraction of sp³-hybridized carbons (Fsp3) is 0.133. The summed E-state index contributed by atoms with van der Waals surface area (Å²) in [5.41, 5.74) is 8.29. The van der Waals surface area contributed by atoms with Crippen LogP contribution in [0.25, 0.3) is 0 Å². The van der Waals surface area contributed by atoms with Crippen molar-refractivity contribution in [3.05, 3.63) is 63.1 Å². The second-order valence-corrected chi connectivity index (χ2v) is 5.61. The molecule has 3 nitrogen and oxygen atoms in total. The Morgan fingerprint density at radius 3 is 2.55 bits per heavy atom. The standard InChI is InChI=1S/C15H14BrClN2O/c16-13-8-12(17)5-6-14(13)19-15(20)7-10-3-1-2-4-11(10)9-18/h1-6,8H,7,9,18H2,(H,19,20). The Morgan fingerprint density at radius 1 is 1.20 bits per heavy atom. The summed E-state index contributed by atoms with van der Waals surface area (Å²) in [6, 6.07) is 12.9. The minimum Gasteiger partial charge on any atom is -0.326 e. The topological polar surface area (TPSA) is 55.1 Å². The van der Waals surface area contributed by atoms with Gasteiger partial charge in [0.05, 0.1) is 12.1 Å². The number of carbonyl (C=O) groups is 1. The average molecular weight is 354 g/mol. The predicted octanol–water partition coefficient (Wildman–Crippen LogP) is 3.74. The fourth-order valence-electron chi connectivity index (χ4n) is 1.89. The number of amides is 1. The van der Waals surface area contributed by atoms with Gasteiger partial charge in [-0.3, -0.25) is 4.79 Å². The Bertz CT molecular complexity index is 631. The van der Waals surface area contributed by atoms with Gasteiger partial charge in [-0.25, -0.2) is 0 Å². The Kier molecular flexibility index (Phi) is 5.17. The number of rotatable bonds is 4. The Hall–Kier alpha value is -1.36. The van der Waals surface area contributed by atoms with Gasteiger partial charge in [-0.15, -0.1) is 0 Å². The van der Waals surface area contributed by atoms with Crippen molar-refractivity contribution in [2.45, 2.75) is 13.0 Å². The van der Waals surface area contributed by atoms with Crippen molar-refractivity contribution in [2.75, 3.05) is 5.32 Å². The summed E-state index contributed by atoms with van der Waals surface area (Å²) in [6.07, 6.45) is 0.294. The summed E-state index contributed by atoms with van der Waals surface area (Å²) in [5, 5.41) is 3.47. The third-order valence-corrected chi connectivity index (χ3v) is 3.79. The third kappa shape index (κ3) is 3.82. The van der Waals surface area contributed by atoms with E-state index in [9.17, 15) is 4.79 Å². The van der Waals surface area contributed by atoms with Gasteiger partial charge in [0.25, 0.3) is 0 Å². The van der Waals surface area contributed by atoms with E-state index in [4.69, 9.17) is 17.3 Å². The molecule has 104 valence electrons. The highest BCUT2D eigenvalue weighted by molar-refractivity contribution is 9.10. The highest BCUT2D eigenvalue weighted by atomic mass is 79.9. The minimum absolute atomic E-state index is 0.0890. The number of anilines is 1. The highest BCUT2D eigenvalue weighted by Crippen LogP contribution is 2.26. The van der Waals surface area contributed by atoms with Crippen LogP contribution in [0.3, 0.4) is 0 Å². The second kappa shape index (κ2) is 6.88. The molecule has 0 aliphatic carbocycles. The van der Waals surface area contributed by atoms with Gasteiger partial charge in [-0.05, 0) is 45.3 Å². The molecule has 2 rings (SSSR count). The van der Waals surface area contributed by atoms with Crippen LogP contribution >= 0.6 is 27.5 Å². The van der Waals surface area contributed by atoms with Crippen LogP contribution in [0.5, 0.6) is 0 Å². The summed E-state index contributed by atoms with van der Waals surface area (Å²) in [6.45, 7) is 0.425. The first kappa shape index (κ1) is 15.0. The van der Waals surface area contributed by atoms with Crippen LogP contribution in [0.2, 0.25) is 5.02 Å². The maximum Gasteiger partial charge on any atom is 0.228 e. The molecule has 0 unspecified atom stereocenters. The van der Waals surface area contributed by atoms with Crippen LogP contribution in [-0.4, -0.2) is 5.91 Å². The van der Waals surface area contributed by atoms with Crippen molar-refractivity contribution >= 4 is 39.1 Å². The SMILES string of the molecule is NCc1ccccc1CC(=O)Nc1ccc(Cl)cc1Br. The summed E-state index contributed by atoms with van der Waals surface area (Å²) in [5.74, 6) is -0.0890. The van der Waals surface area contributed by atoms with E-state index in [-0.39, 0.29) is 5.91 Å². The van der Waals surface area contributed by atoms with Gasteiger partial charge in [0.1, 0.15) is 0 Å². The van der Waals surface area contributed by atoms with E-state index in [1.54, 1.807) is 18.2 Å². The first-order valence-electron chi connectivity index (χ1n) is 6.12. The number of carbonyl (C=O) groups excluding carboxylic acids is 1. The number of hydrogen-bond acceptors (Lipinski definition) is 2. The average Bonchev–Trinajstić information content (AvgIpc) is 2.42. The van der Waals surface area contributed by atoms with Crippen molar-refractivity contribution in [1.29, 1.82) is 0 Å². The van der Waals surface area contributed by atoms with E-state index < -0.39 is 0 Å². The van der Waals surface area contributed by atoms with E-state index in [0.29, 0.717) is 23.7 Å². The van der Waals surface area contributed by atoms with Gasteiger partial charge in [-0.1, -0.05) is 35.9 Å². The smallest absolute Gasteiger partial charge is 0.228 e. The lowest BCUT2D eigenvalue weighted by atomic mass is 10.0. The Labute approximate surface area is 131 Å². The second-order valence-electron chi connectivity index (χ2n) is 4.32. The molecule has 5 heteroatoms. The first-order valence-corrected chi connectivity index (χ1v) is 7.29. The number of halogens is 2. The minimum atomic E-state index is -0.0890. The summed E-state index contributed by atoms with van der Waals surface area (Å²) < 4.78 is 0.755. The zero-order chi connectivity index (χ0) is 14.5. The van der Waals surface area contributed by atoms with E-state index in [1.165, 1.54) is 0 Å². The van der Waals surface area contributed by atoms with Crippen LogP contribution < -0.4 is 11.1 Å². The molecule has 2 aromatic rings. The van der Waals surface area contributed by atoms with Crippen molar-refractivity contribution in [3.8, 4) is 0 Å². The summed E-state index contributed by atoms with van der Waals surface area (Å²) >= 11 is 9.24. The van der Waals surface area contributed by atoms with Crippen LogP contribution in [0.1, 0.15) is 11.1 Å². The molecule has 0 bridgehead atoms. The Morgan fingerprint density at radius 2 is 1.90 bits per heavy atom. The molecule has 0 saturated carbocycles. The molecule has 0 spiro atoms. The molecule has 0 saturated heterocycles. The molecular formula is C15H14BrClN2O. The van der Waals surface area contributed by atoms with Gasteiger partial charge in [0, 0.05) is 16.0 Å². The molecule has 1 amide bonds. The molecule has 0 aromatic heterocycles. The van der Waals surface area contributed by atoms with Gasteiger partial charge in [-0.2, -0.15) is 0 Å². The number of hydrogen-bond donors (Lipinski definition) is 2. The van der Waals surface area contributed by atoms with Gasteiger partial charge >= 0.3 is 0 Å². The molecule has 0 radical (unpaired) electrons. The van der Waals surface area contributed by atoms with Crippen LogP contribution in [0.4, 0.5) is 5.69 Å². The zero-order valence-electron chi connectivity index (χ0n) is 10.7. The summed E-state index contributed by atoms with van der Waals surface area (Å²) in [7, 11) is 0. The molecule has 0 fully saturated rings. The van der Waals surface area contributed by atoms with E-state index in [2.05, 4.69) is 21.2 Å². The molecule has 2 aromatic carbocycles. The lowest BCUT2D eigenvalue weighted by molar-refractivity contribution is -0.115. The zero-order valence-corrected chi connectivity index (χ0v) is 13.0. The summed E-state index contributed by atoms with van der Waals surface area (Å²) in [4.78, 5) is 12.1. The number of nitrogens with one attached hydrogen (secondary N) is 1. The number of benzene rings is 2. The maximum absolute atomic E-state index is 12.1. The normalized spacial score (nSPS) is 10.3. The van der Waals surface area contributed by atoms with E-state index in [1.807, 2.05) is 24.3 Å². The molecular weight excluding hydrogens is 340 g/mol. The quantitative estimate of drug-likeness (QED) is 0.879. The van der Waals surface area contributed by atoms with Crippen molar-refractivity contribution in [2.24, 2.45) is 5.73 Å². The van der Waals surface area contributed by atoms with Crippen LogP contribution in [0.15, 0.2) is 46.9 Å². The van der Waals surface area contributed by atoms with Gasteiger partial charge < -0.3 is 11.1 Å². The highest BCUT2D eigenvalue weighted by Gasteiger charge is 2.09.